The van der Waals surface area contributed by atoms with E-state index in [9.17, 15) is 9.59 Å². The molecule has 0 aromatic heterocycles. The van der Waals surface area contributed by atoms with Crippen molar-refractivity contribution in [3.8, 4) is 0 Å². The summed E-state index contributed by atoms with van der Waals surface area (Å²) in [6.07, 6.45) is 3.11. The summed E-state index contributed by atoms with van der Waals surface area (Å²) in [5.41, 5.74) is 2.14. The monoisotopic (exact) mass is 315 g/mol. The summed E-state index contributed by atoms with van der Waals surface area (Å²) in [6.45, 7) is 1.53. The van der Waals surface area contributed by atoms with Crippen LogP contribution in [0.3, 0.4) is 0 Å². The molecule has 3 rings (SSSR count). The van der Waals surface area contributed by atoms with Crippen LogP contribution in [0.5, 0.6) is 0 Å². The van der Waals surface area contributed by atoms with Crippen LogP contribution in [0.1, 0.15) is 27.6 Å². The molecule has 0 bridgehead atoms. The molecular formula is C21H17NO2. The number of fused-ring (bicyclic) bond motifs is 1. The zero-order valence-electron chi connectivity index (χ0n) is 13.3. The Morgan fingerprint density at radius 3 is 2.21 bits per heavy atom. The molecule has 3 aromatic carbocycles. The Labute approximate surface area is 140 Å². The largest absolute Gasteiger partial charge is 0.362 e. The predicted octanol–water partition coefficient (Wildman–Crippen LogP) is 4.85. The van der Waals surface area contributed by atoms with Crippen LogP contribution in [-0.4, -0.2) is 11.6 Å². The van der Waals surface area contributed by atoms with Gasteiger partial charge in [0.25, 0.3) is 0 Å². The summed E-state index contributed by atoms with van der Waals surface area (Å²) in [4.78, 5) is 23.5. The summed E-state index contributed by atoms with van der Waals surface area (Å²) in [5, 5.41) is 5.19. The molecule has 0 spiro atoms. The van der Waals surface area contributed by atoms with Gasteiger partial charge in [-0.1, -0.05) is 36.4 Å². The van der Waals surface area contributed by atoms with Crippen molar-refractivity contribution in [2.45, 2.75) is 6.92 Å². The Kier molecular flexibility index (Phi) is 4.52. The number of hydrogen-bond acceptors (Lipinski definition) is 3. The third kappa shape index (κ3) is 3.58. The molecule has 0 atom stereocenters. The van der Waals surface area contributed by atoms with Crippen molar-refractivity contribution < 1.29 is 9.59 Å². The van der Waals surface area contributed by atoms with Gasteiger partial charge in [0.15, 0.2) is 11.6 Å². The number of Topliss-reactive ketones (excluding diaryl/α,β-unsaturated/α-hetero) is 1. The fraction of sp³-hybridized carbons (Fsp3) is 0.0476. The second-order valence-electron chi connectivity index (χ2n) is 5.54. The maximum Gasteiger partial charge on any atom is 0.187 e. The van der Waals surface area contributed by atoms with Gasteiger partial charge in [-0.25, -0.2) is 0 Å². The van der Waals surface area contributed by atoms with Gasteiger partial charge in [0.2, 0.25) is 0 Å². The number of allylic oxidation sites excluding steroid dienone is 1. The molecule has 118 valence electrons. The predicted molar refractivity (Wildman–Crippen MR) is 97.5 cm³/mol. The number of benzene rings is 3. The molecule has 0 saturated carbocycles. The van der Waals surface area contributed by atoms with Crippen molar-refractivity contribution in [3.63, 3.8) is 0 Å². The van der Waals surface area contributed by atoms with Gasteiger partial charge in [-0.3, -0.25) is 9.59 Å². The van der Waals surface area contributed by atoms with Crippen LogP contribution < -0.4 is 5.32 Å². The number of hydrogen-bond donors (Lipinski definition) is 1. The normalized spacial score (nSPS) is 10.9. The zero-order valence-corrected chi connectivity index (χ0v) is 13.3. The smallest absolute Gasteiger partial charge is 0.187 e. The Bertz CT molecular complexity index is 924. The number of carbonyl (C=O) groups excluding carboxylic acids is 2. The minimum Gasteiger partial charge on any atom is -0.362 e. The molecule has 0 amide bonds. The van der Waals surface area contributed by atoms with E-state index in [0.29, 0.717) is 11.1 Å². The van der Waals surface area contributed by atoms with Gasteiger partial charge in [0.05, 0.1) is 0 Å². The molecule has 0 heterocycles. The van der Waals surface area contributed by atoms with Gasteiger partial charge >= 0.3 is 0 Å². The summed E-state index contributed by atoms with van der Waals surface area (Å²) in [5.74, 6) is -0.0304. The first kappa shape index (κ1) is 15.7. The van der Waals surface area contributed by atoms with Crippen molar-refractivity contribution in [1.29, 1.82) is 0 Å². The third-order valence-corrected chi connectivity index (χ3v) is 3.81. The van der Waals surface area contributed by atoms with Gasteiger partial charge in [-0.05, 0) is 48.0 Å². The van der Waals surface area contributed by atoms with E-state index in [4.69, 9.17) is 0 Å². The highest BCUT2D eigenvalue weighted by molar-refractivity contribution is 6.06. The summed E-state index contributed by atoms with van der Waals surface area (Å²) in [6, 6.07) is 20.7. The molecule has 3 heteroatoms. The molecule has 0 radical (unpaired) electrons. The molecule has 3 aromatic rings. The molecule has 24 heavy (non-hydrogen) atoms. The fourth-order valence-corrected chi connectivity index (χ4v) is 2.45. The third-order valence-electron chi connectivity index (χ3n) is 3.81. The van der Waals surface area contributed by atoms with Crippen molar-refractivity contribution in [2.75, 3.05) is 5.32 Å². The van der Waals surface area contributed by atoms with Crippen LogP contribution in [0.4, 0.5) is 5.69 Å². The number of rotatable bonds is 5. The van der Waals surface area contributed by atoms with E-state index in [0.717, 1.165) is 16.5 Å². The summed E-state index contributed by atoms with van der Waals surface area (Å²) in [7, 11) is 0. The molecule has 1 N–H and O–H groups in total. The first-order chi connectivity index (χ1) is 11.6. The fourth-order valence-electron chi connectivity index (χ4n) is 2.45. The molecule has 0 saturated heterocycles. The van der Waals surface area contributed by atoms with Crippen LogP contribution in [0.2, 0.25) is 0 Å². The van der Waals surface area contributed by atoms with E-state index in [1.165, 1.54) is 13.0 Å². The zero-order chi connectivity index (χ0) is 16.9. The van der Waals surface area contributed by atoms with Crippen molar-refractivity contribution in [2.24, 2.45) is 0 Å². The molecule has 3 nitrogen and oxygen atoms in total. The number of carbonyl (C=O) groups is 2. The van der Waals surface area contributed by atoms with E-state index in [2.05, 4.69) is 5.32 Å². The molecule has 0 fully saturated rings. The van der Waals surface area contributed by atoms with Gasteiger partial charge in [-0.2, -0.15) is 0 Å². The molecule has 0 aliphatic rings. The van der Waals surface area contributed by atoms with E-state index in [1.54, 1.807) is 18.3 Å². The Balaban J connectivity index is 1.68. The Morgan fingerprint density at radius 2 is 1.50 bits per heavy atom. The number of anilines is 1. The highest BCUT2D eigenvalue weighted by Crippen LogP contribution is 2.16. The lowest BCUT2D eigenvalue weighted by Crippen LogP contribution is -1.97. The quantitative estimate of drug-likeness (QED) is 0.541. The second kappa shape index (κ2) is 6.92. The molecule has 0 unspecified atom stereocenters. The minimum absolute atomic E-state index is 0.0311. The molecule has 0 aliphatic heterocycles. The van der Waals surface area contributed by atoms with Gasteiger partial charge in [-0.15, -0.1) is 0 Å². The van der Waals surface area contributed by atoms with E-state index in [-0.39, 0.29) is 11.6 Å². The van der Waals surface area contributed by atoms with Gasteiger partial charge in [0.1, 0.15) is 0 Å². The lowest BCUT2D eigenvalue weighted by atomic mass is 10.0. The van der Waals surface area contributed by atoms with E-state index in [1.807, 2.05) is 54.6 Å². The van der Waals surface area contributed by atoms with E-state index < -0.39 is 0 Å². The van der Waals surface area contributed by atoms with Crippen LogP contribution in [0, 0.1) is 0 Å². The number of nitrogens with one attached hydrogen (secondary N) is 1. The highest BCUT2D eigenvalue weighted by Gasteiger charge is 2.03. The summed E-state index contributed by atoms with van der Waals surface area (Å²) < 4.78 is 0. The molecular weight excluding hydrogens is 298 g/mol. The lowest BCUT2D eigenvalue weighted by Gasteiger charge is -2.02. The standard InChI is InChI=1S/C21H17NO2/c1-15(23)16-8-10-20(11-9-16)22-13-12-21(24)19-7-6-17-4-2-3-5-18(17)14-19/h2-14,22H,1H3/b13-12-. The second-order valence-corrected chi connectivity index (χ2v) is 5.54. The maximum absolute atomic E-state index is 12.3. The maximum atomic E-state index is 12.3. The van der Waals surface area contributed by atoms with Crippen molar-refractivity contribution >= 4 is 28.0 Å². The topological polar surface area (TPSA) is 46.2 Å². The van der Waals surface area contributed by atoms with Crippen LogP contribution in [0.25, 0.3) is 10.8 Å². The minimum atomic E-state index is -0.0615. The lowest BCUT2D eigenvalue weighted by molar-refractivity contribution is 0.101. The Morgan fingerprint density at radius 1 is 0.833 bits per heavy atom. The Hall–Kier alpha value is -3.20. The first-order valence-electron chi connectivity index (χ1n) is 7.71. The molecule has 0 aliphatic carbocycles. The average molecular weight is 315 g/mol. The first-order valence-corrected chi connectivity index (χ1v) is 7.71. The number of ketones is 2. The van der Waals surface area contributed by atoms with Crippen molar-refractivity contribution in [3.05, 3.63) is 90.1 Å². The SMILES string of the molecule is CC(=O)c1ccc(N/C=C\C(=O)c2ccc3ccccc3c2)cc1. The van der Waals surface area contributed by atoms with E-state index >= 15 is 0 Å². The van der Waals surface area contributed by atoms with Crippen LogP contribution in [-0.2, 0) is 0 Å². The van der Waals surface area contributed by atoms with Crippen molar-refractivity contribution in [1.82, 2.24) is 0 Å². The van der Waals surface area contributed by atoms with Crippen LogP contribution in [0.15, 0.2) is 79.0 Å². The van der Waals surface area contributed by atoms with Gasteiger partial charge < -0.3 is 5.32 Å². The summed E-state index contributed by atoms with van der Waals surface area (Å²) >= 11 is 0. The highest BCUT2D eigenvalue weighted by atomic mass is 16.1. The van der Waals surface area contributed by atoms with Gasteiger partial charge in [0, 0.05) is 29.1 Å². The average Bonchev–Trinajstić information content (AvgIpc) is 2.61. The van der Waals surface area contributed by atoms with Crippen LogP contribution >= 0.6 is 0 Å².